The molecule has 0 aliphatic carbocycles. The maximum atomic E-state index is 11.5. The summed E-state index contributed by atoms with van der Waals surface area (Å²) in [6.07, 6.45) is -0.277. The number of nitriles is 1. The van der Waals surface area contributed by atoms with Crippen molar-refractivity contribution in [3.05, 3.63) is 27.8 Å². The van der Waals surface area contributed by atoms with Crippen molar-refractivity contribution in [1.29, 1.82) is 5.26 Å². The summed E-state index contributed by atoms with van der Waals surface area (Å²) in [5, 5.41) is 20.4. The molecule has 0 heterocycles. The first-order valence-electron chi connectivity index (χ1n) is 6.43. The molecule has 8 nitrogen and oxygen atoms in total. The minimum Gasteiger partial charge on any atom is -0.493 e. The highest BCUT2D eigenvalue weighted by atomic mass is 16.6. The first-order valence-corrected chi connectivity index (χ1v) is 6.43. The zero-order valence-corrected chi connectivity index (χ0v) is 12.5. The Morgan fingerprint density at radius 1 is 1.36 bits per heavy atom. The monoisotopic (exact) mass is 308 g/mol. The van der Waals surface area contributed by atoms with Crippen molar-refractivity contribution in [2.45, 2.75) is 19.3 Å². The van der Waals surface area contributed by atoms with Gasteiger partial charge in [0.1, 0.15) is 0 Å². The molecule has 0 aliphatic heterocycles. The van der Waals surface area contributed by atoms with E-state index in [1.54, 1.807) is 6.92 Å². The quantitative estimate of drug-likeness (QED) is 0.431. The minimum atomic E-state index is -1.01. The van der Waals surface area contributed by atoms with Gasteiger partial charge in [-0.2, -0.15) is 5.26 Å². The highest BCUT2D eigenvalue weighted by Crippen LogP contribution is 2.38. The lowest BCUT2D eigenvalue weighted by atomic mass is 9.95. The largest absolute Gasteiger partial charge is 0.493 e. The topological polar surface area (TPSA) is 112 Å². The Hall–Kier alpha value is -2.82. The van der Waals surface area contributed by atoms with Gasteiger partial charge in [0.2, 0.25) is 0 Å². The average Bonchev–Trinajstić information content (AvgIpc) is 2.51. The predicted molar refractivity (Wildman–Crippen MR) is 75.8 cm³/mol. The Labute approximate surface area is 127 Å². The molecule has 0 saturated carbocycles. The number of carbonyl (C=O) groups excluding carboxylic acids is 1. The van der Waals surface area contributed by atoms with Gasteiger partial charge in [-0.3, -0.25) is 14.9 Å². The minimum absolute atomic E-state index is 0.0817. The molecular formula is C14H16N2O6. The van der Waals surface area contributed by atoms with Crippen LogP contribution in [0.2, 0.25) is 0 Å². The summed E-state index contributed by atoms with van der Waals surface area (Å²) in [6, 6.07) is 4.40. The first kappa shape index (κ1) is 17.2. The smallest absolute Gasteiger partial charge is 0.307 e. The Morgan fingerprint density at radius 3 is 2.41 bits per heavy atom. The number of nitro groups is 1. The van der Waals surface area contributed by atoms with Gasteiger partial charge in [0.05, 0.1) is 55.8 Å². The number of carbonyl (C=O) groups is 1. The number of benzene rings is 1. The normalized spacial score (nSPS) is 11.2. The van der Waals surface area contributed by atoms with E-state index in [4.69, 9.17) is 14.2 Å². The van der Waals surface area contributed by atoms with Crippen LogP contribution in [0.1, 0.15) is 24.8 Å². The second kappa shape index (κ2) is 7.83. The molecule has 0 bridgehead atoms. The van der Waals surface area contributed by atoms with E-state index >= 15 is 0 Å². The molecule has 0 fully saturated rings. The summed E-state index contributed by atoms with van der Waals surface area (Å²) in [5.41, 5.74) is -0.230. The SMILES string of the molecule is CCOC(=O)CC(C#N)c1cc(OC)c(OC)cc1[N+](=O)[O-]. The number of hydrogen-bond donors (Lipinski definition) is 0. The van der Waals surface area contributed by atoms with Gasteiger partial charge in [0.15, 0.2) is 11.5 Å². The van der Waals surface area contributed by atoms with E-state index in [-0.39, 0.29) is 35.8 Å². The lowest BCUT2D eigenvalue weighted by Gasteiger charge is -2.13. The van der Waals surface area contributed by atoms with Gasteiger partial charge in [-0.05, 0) is 13.0 Å². The molecule has 0 radical (unpaired) electrons. The van der Waals surface area contributed by atoms with E-state index in [1.165, 1.54) is 26.4 Å². The molecule has 8 heteroatoms. The molecule has 1 unspecified atom stereocenters. The number of hydrogen-bond acceptors (Lipinski definition) is 7. The summed E-state index contributed by atoms with van der Waals surface area (Å²) >= 11 is 0. The molecule has 0 aromatic heterocycles. The van der Waals surface area contributed by atoms with Crippen LogP contribution in [0, 0.1) is 21.4 Å². The van der Waals surface area contributed by atoms with E-state index in [0.29, 0.717) is 0 Å². The molecule has 0 N–H and O–H groups in total. The van der Waals surface area contributed by atoms with Crippen LogP contribution in [-0.2, 0) is 9.53 Å². The number of ether oxygens (including phenoxy) is 3. The maximum Gasteiger partial charge on any atom is 0.307 e. The van der Waals surface area contributed by atoms with Crippen LogP contribution in [0.5, 0.6) is 11.5 Å². The number of nitrogens with zero attached hydrogens (tertiary/aromatic N) is 2. The third-order valence-corrected chi connectivity index (χ3v) is 2.94. The van der Waals surface area contributed by atoms with E-state index in [1.807, 2.05) is 6.07 Å². The molecule has 0 saturated heterocycles. The predicted octanol–water partition coefficient (Wildman–Crippen LogP) is 2.17. The Balaban J connectivity index is 3.32. The molecule has 0 aliphatic rings. The van der Waals surface area contributed by atoms with Gasteiger partial charge < -0.3 is 14.2 Å². The van der Waals surface area contributed by atoms with E-state index in [2.05, 4.69) is 0 Å². The van der Waals surface area contributed by atoms with Crippen molar-refractivity contribution < 1.29 is 23.9 Å². The van der Waals surface area contributed by atoms with Gasteiger partial charge in [-0.15, -0.1) is 0 Å². The second-order valence-corrected chi connectivity index (χ2v) is 4.21. The summed E-state index contributed by atoms with van der Waals surface area (Å²) in [4.78, 5) is 22.1. The number of methoxy groups -OCH3 is 2. The zero-order valence-electron chi connectivity index (χ0n) is 12.5. The summed E-state index contributed by atoms with van der Waals surface area (Å²) in [5.74, 6) is -1.20. The standard InChI is InChI=1S/C14H16N2O6/c1-4-22-14(17)5-9(8-15)10-6-12(20-2)13(21-3)7-11(10)16(18)19/h6-7,9H,4-5H2,1-3H3. The third-order valence-electron chi connectivity index (χ3n) is 2.94. The van der Waals surface area contributed by atoms with Gasteiger partial charge in [-0.25, -0.2) is 0 Å². The fourth-order valence-corrected chi connectivity index (χ4v) is 1.93. The zero-order chi connectivity index (χ0) is 16.7. The molecule has 1 aromatic carbocycles. The molecule has 118 valence electrons. The molecule has 1 atom stereocenters. The average molecular weight is 308 g/mol. The first-order chi connectivity index (χ1) is 10.5. The molecule has 1 rings (SSSR count). The fraction of sp³-hybridized carbons (Fsp3) is 0.429. The van der Waals surface area contributed by atoms with Crippen LogP contribution >= 0.6 is 0 Å². The van der Waals surface area contributed by atoms with Gasteiger partial charge in [-0.1, -0.05) is 0 Å². The molecule has 0 amide bonds. The van der Waals surface area contributed by atoms with Crippen molar-refractivity contribution in [2.75, 3.05) is 20.8 Å². The van der Waals surface area contributed by atoms with Crippen molar-refractivity contribution >= 4 is 11.7 Å². The van der Waals surface area contributed by atoms with Crippen molar-refractivity contribution in [3.63, 3.8) is 0 Å². The van der Waals surface area contributed by atoms with Gasteiger partial charge >= 0.3 is 5.97 Å². The van der Waals surface area contributed by atoms with Crippen LogP contribution in [-0.4, -0.2) is 31.7 Å². The second-order valence-electron chi connectivity index (χ2n) is 4.21. The van der Waals surface area contributed by atoms with Crippen molar-refractivity contribution in [3.8, 4) is 17.6 Å². The Kier molecular flexibility index (Phi) is 6.13. The number of rotatable bonds is 7. The highest BCUT2D eigenvalue weighted by molar-refractivity contribution is 5.72. The van der Waals surface area contributed by atoms with Crippen LogP contribution in [0.4, 0.5) is 5.69 Å². The third kappa shape index (κ3) is 3.85. The molecular weight excluding hydrogens is 292 g/mol. The van der Waals surface area contributed by atoms with Gasteiger partial charge in [0, 0.05) is 0 Å². The molecule has 1 aromatic rings. The summed E-state index contributed by atoms with van der Waals surface area (Å²) in [6.45, 7) is 1.81. The van der Waals surface area contributed by atoms with E-state index < -0.39 is 16.8 Å². The van der Waals surface area contributed by atoms with Crippen molar-refractivity contribution in [1.82, 2.24) is 0 Å². The maximum absolute atomic E-state index is 11.5. The van der Waals surface area contributed by atoms with Crippen LogP contribution in [0.15, 0.2) is 12.1 Å². The Morgan fingerprint density at radius 2 is 1.95 bits per heavy atom. The Bertz CT molecular complexity index is 608. The van der Waals surface area contributed by atoms with Gasteiger partial charge in [0.25, 0.3) is 5.69 Å². The fourth-order valence-electron chi connectivity index (χ4n) is 1.93. The molecule has 0 spiro atoms. The lowest BCUT2D eigenvalue weighted by molar-refractivity contribution is -0.385. The number of esters is 1. The highest BCUT2D eigenvalue weighted by Gasteiger charge is 2.27. The van der Waals surface area contributed by atoms with Crippen LogP contribution in [0.3, 0.4) is 0 Å². The molecule has 22 heavy (non-hydrogen) atoms. The van der Waals surface area contributed by atoms with Crippen molar-refractivity contribution in [2.24, 2.45) is 0 Å². The summed E-state index contributed by atoms with van der Waals surface area (Å²) in [7, 11) is 2.72. The van der Waals surface area contributed by atoms with Crippen LogP contribution < -0.4 is 9.47 Å². The van der Waals surface area contributed by atoms with E-state index in [0.717, 1.165) is 0 Å². The van der Waals surface area contributed by atoms with E-state index in [9.17, 15) is 20.2 Å². The summed E-state index contributed by atoms with van der Waals surface area (Å²) < 4.78 is 14.9. The lowest BCUT2D eigenvalue weighted by Crippen LogP contribution is -2.11. The van der Waals surface area contributed by atoms with Crippen LogP contribution in [0.25, 0.3) is 0 Å². The number of nitro benzene ring substituents is 1.